The van der Waals surface area contributed by atoms with E-state index in [0.29, 0.717) is 44.3 Å². The third-order valence-electron chi connectivity index (χ3n) is 6.59. The molecule has 1 amide bonds. The van der Waals surface area contributed by atoms with Crippen LogP contribution in [0.15, 0.2) is 42.5 Å². The summed E-state index contributed by atoms with van der Waals surface area (Å²) in [5, 5.41) is 3.08. The highest BCUT2D eigenvalue weighted by Crippen LogP contribution is 2.25. The Balaban J connectivity index is 1.47. The predicted molar refractivity (Wildman–Crippen MR) is 142 cm³/mol. The number of carbonyl (C=O) groups is 1. The topological polar surface area (TPSA) is 63.3 Å². The van der Waals surface area contributed by atoms with Crippen LogP contribution in [0.4, 0.5) is 0 Å². The summed E-state index contributed by atoms with van der Waals surface area (Å²) in [6, 6.07) is 14.5. The molecule has 2 aromatic rings. The summed E-state index contributed by atoms with van der Waals surface area (Å²) < 4.78 is 17.4. The summed E-state index contributed by atoms with van der Waals surface area (Å²) in [4.78, 5) is 17.7. The van der Waals surface area contributed by atoms with Crippen LogP contribution in [0.25, 0.3) is 0 Å². The van der Waals surface area contributed by atoms with Gasteiger partial charge in [-0.05, 0) is 40.8 Å². The van der Waals surface area contributed by atoms with Crippen molar-refractivity contribution in [2.45, 2.75) is 26.8 Å². The molecule has 7 heteroatoms. The fourth-order valence-electron chi connectivity index (χ4n) is 4.83. The van der Waals surface area contributed by atoms with Crippen LogP contribution in [-0.4, -0.2) is 88.0 Å². The van der Waals surface area contributed by atoms with Gasteiger partial charge in [-0.3, -0.25) is 14.6 Å². The van der Waals surface area contributed by atoms with E-state index in [1.165, 1.54) is 11.1 Å². The summed E-state index contributed by atoms with van der Waals surface area (Å²) in [5.41, 5.74) is 4.20. The molecule has 0 atom stereocenters. The van der Waals surface area contributed by atoms with Gasteiger partial charge in [0.2, 0.25) is 0 Å². The average Bonchev–Trinajstić information content (AvgIpc) is 2.86. The van der Waals surface area contributed by atoms with Gasteiger partial charge in [0.05, 0.1) is 26.4 Å². The molecule has 0 saturated carbocycles. The number of rotatable bonds is 6. The van der Waals surface area contributed by atoms with Crippen LogP contribution in [0.2, 0.25) is 0 Å². The zero-order valence-electron chi connectivity index (χ0n) is 21.8. The highest BCUT2D eigenvalue weighted by atomic mass is 16.5. The number of carbonyl (C=O) groups excluding carboxylic acids is 1. The standard InChI is InChI=1S/C29H41N3O4/c1-23(2)21-32-12-15-35-16-17-36-28-7-6-26(29(33)30-8-9-31-10-13-34-14-11-31)20-27(28)19-24-4-3-5-25(18-24)22-32/h3-7,18,20,23H,8-17,19,21-22H2,1-2H3,(H,30,33). The van der Waals surface area contributed by atoms with Crippen LogP contribution in [0.5, 0.6) is 5.75 Å². The van der Waals surface area contributed by atoms with Crippen LogP contribution < -0.4 is 10.1 Å². The van der Waals surface area contributed by atoms with Crippen molar-refractivity contribution in [1.82, 2.24) is 15.1 Å². The smallest absolute Gasteiger partial charge is 0.251 e. The van der Waals surface area contributed by atoms with Gasteiger partial charge in [-0.2, -0.15) is 0 Å². The molecule has 0 aliphatic carbocycles. The van der Waals surface area contributed by atoms with E-state index in [4.69, 9.17) is 14.2 Å². The number of benzene rings is 2. The van der Waals surface area contributed by atoms with Crippen molar-refractivity contribution in [1.29, 1.82) is 0 Å². The van der Waals surface area contributed by atoms with Crippen LogP contribution in [-0.2, 0) is 22.4 Å². The molecule has 1 N–H and O–H groups in total. The quantitative estimate of drug-likeness (QED) is 0.664. The van der Waals surface area contributed by atoms with Crippen molar-refractivity contribution in [3.63, 3.8) is 0 Å². The molecule has 196 valence electrons. The minimum atomic E-state index is -0.0492. The van der Waals surface area contributed by atoms with E-state index in [2.05, 4.69) is 53.2 Å². The van der Waals surface area contributed by atoms with E-state index < -0.39 is 0 Å². The molecule has 1 saturated heterocycles. The minimum absolute atomic E-state index is 0.0492. The maximum absolute atomic E-state index is 12.9. The van der Waals surface area contributed by atoms with Gasteiger partial charge in [0.15, 0.2) is 0 Å². The third kappa shape index (κ3) is 8.30. The molecule has 0 spiro atoms. The zero-order chi connectivity index (χ0) is 25.2. The lowest BCUT2D eigenvalue weighted by molar-refractivity contribution is 0.0383. The Morgan fingerprint density at radius 1 is 0.917 bits per heavy atom. The third-order valence-corrected chi connectivity index (χ3v) is 6.59. The Morgan fingerprint density at radius 3 is 2.47 bits per heavy atom. The fraction of sp³-hybridized carbons (Fsp3) is 0.552. The van der Waals surface area contributed by atoms with E-state index in [0.717, 1.165) is 63.8 Å². The van der Waals surface area contributed by atoms with Crippen molar-refractivity contribution < 1.29 is 19.0 Å². The second-order valence-electron chi connectivity index (χ2n) is 10.1. The number of nitrogens with one attached hydrogen (secondary N) is 1. The van der Waals surface area contributed by atoms with Crippen LogP contribution >= 0.6 is 0 Å². The van der Waals surface area contributed by atoms with Crippen LogP contribution in [0, 0.1) is 5.92 Å². The summed E-state index contributed by atoms with van der Waals surface area (Å²) in [5.74, 6) is 1.36. The first-order valence-electron chi connectivity index (χ1n) is 13.3. The van der Waals surface area contributed by atoms with Gasteiger partial charge < -0.3 is 19.5 Å². The number of amides is 1. The maximum Gasteiger partial charge on any atom is 0.251 e. The van der Waals surface area contributed by atoms with Crippen LogP contribution in [0.1, 0.15) is 40.9 Å². The molecule has 2 bridgehead atoms. The normalized spacial score (nSPS) is 18.2. The molecule has 2 aliphatic heterocycles. The second kappa shape index (κ2) is 13.7. The van der Waals surface area contributed by atoms with Gasteiger partial charge >= 0.3 is 0 Å². The molecule has 2 aliphatic rings. The average molecular weight is 496 g/mol. The van der Waals surface area contributed by atoms with Crippen molar-refractivity contribution in [2.24, 2.45) is 5.92 Å². The second-order valence-corrected chi connectivity index (χ2v) is 10.1. The lowest BCUT2D eigenvalue weighted by atomic mass is 9.99. The Kier molecular flexibility index (Phi) is 10.2. The molecule has 0 aromatic heterocycles. The number of nitrogens with zero attached hydrogens (tertiary/aromatic N) is 2. The fourth-order valence-corrected chi connectivity index (χ4v) is 4.83. The number of fused-ring (bicyclic) bond motifs is 3. The van der Waals surface area contributed by atoms with E-state index in [9.17, 15) is 4.79 Å². The Hall–Kier alpha value is -2.45. The maximum atomic E-state index is 12.9. The monoisotopic (exact) mass is 495 g/mol. The molecule has 1 fully saturated rings. The van der Waals surface area contributed by atoms with Crippen LogP contribution in [0.3, 0.4) is 0 Å². The predicted octanol–water partition coefficient (Wildman–Crippen LogP) is 3.21. The van der Waals surface area contributed by atoms with Gasteiger partial charge in [0, 0.05) is 57.8 Å². The summed E-state index contributed by atoms with van der Waals surface area (Å²) >= 11 is 0. The van der Waals surface area contributed by atoms with Crippen molar-refractivity contribution >= 4 is 5.91 Å². The van der Waals surface area contributed by atoms with E-state index >= 15 is 0 Å². The molecule has 2 heterocycles. The first-order valence-corrected chi connectivity index (χ1v) is 13.3. The molecule has 0 unspecified atom stereocenters. The number of hydrogen-bond acceptors (Lipinski definition) is 6. The number of morpholine rings is 1. The highest BCUT2D eigenvalue weighted by Gasteiger charge is 2.15. The zero-order valence-corrected chi connectivity index (χ0v) is 21.8. The van der Waals surface area contributed by atoms with E-state index in [1.807, 2.05) is 18.2 Å². The Bertz CT molecular complexity index is 975. The molecule has 4 rings (SSSR count). The molecular weight excluding hydrogens is 454 g/mol. The van der Waals surface area contributed by atoms with Crippen molar-refractivity contribution in [3.8, 4) is 5.75 Å². The summed E-state index contributed by atoms with van der Waals surface area (Å²) in [6.45, 7) is 13.9. The first-order chi connectivity index (χ1) is 17.6. The SMILES string of the molecule is CC(C)CN1CCOCCOc2ccc(C(=O)NCCN3CCOCC3)cc2Cc2cccc(c2)C1. The first kappa shape index (κ1) is 26.6. The molecule has 0 radical (unpaired) electrons. The molecular formula is C29H41N3O4. The van der Waals surface area contributed by atoms with Gasteiger partial charge in [-0.15, -0.1) is 0 Å². The summed E-state index contributed by atoms with van der Waals surface area (Å²) in [6.07, 6.45) is 0.711. The summed E-state index contributed by atoms with van der Waals surface area (Å²) in [7, 11) is 0. The lowest BCUT2D eigenvalue weighted by Gasteiger charge is -2.26. The molecule has 7 nitrogen and oxygen atoms in total. The number of ether oxygens (including phenoxy) is 3. The van der Waals surface area contributed by atoms with E-state index in [1.54, 1.807) is 0 Å². The highest BCUT2D eigenvalue weighted by molar-refractivity contribution is 5.94. The Morgan fingerprint density at radius 2 is 1.67 bits per heavy atom. The van der Waals surface area contributed by atoms with Gasteiger partial charge in [0.1, 0.15) is 12.4 Å². The van der Waals surface area contributed by atoms with Crippen molar-refractivity contribution in [2.75, 3.05) is 72.3 Å². The van der Waals surface area contributed by atoms with Gasteiger partial charge in [0.25, 0.3) is 5.91 Å². The number of hydrogen-bond donors (Lipinski definition) is 1. The Labute approximate surface area is 215 Å². The minimum Gasteiger partial charge on any atom is -0.491 e. The molecule has 2 aromatic carbocycles. The van der Waals surface area contributed by atoms with Gasteiger partial charge in [-0.1, -0.05) is 38.1 Å². The van der Waals surface area contributed by atoms with E-state index in [-0.39, 0.29) is 5.91 Å². The lowest BCUT2D eigenvalue weighted by Crippen LogP contribution is -2.41. The largest absolute Gasteiger partial charge is 0.491 e. The van der Waals surface area contributed by atoms with Crippen molar-refractivity contribution in [3.05, 3.63) is 64.7 Å². The molecule has 36 heavy (non-hydrogen) atoms. The van der Waals surface area contributed by atoms with Gasteiger partial charge in [-0.25, -0.2) is 0 Å².